The fraction of sp³-hybridized carbons (Fsp3) is 0.947. The van der Waals surface area contributed by atoms with Crippen molar-refractivity contribution in [3.63, 3.8) is 0 Å². The molecule has 0 unspecified atom stereocenters. The first-order chi connectivity index (χ1) is 11.8. The van der Waals surface area contributed by atoms with Crippen LogP contribution in [0.3, 0.4) is 0 Å². The first-order valence-electron chi connectivity index (χ1n) is 9.62. The van der Waals surface area contributed by atoms with Gasteiger partial charge in [0, 0.05) is 26.4 Å². The summed E-state index contributed by atoms with van der Waals surface area (Å²) in [6.45, 7) is 12.1. The van der Waals surface area contributed by atoms with Crippen molar-refractivity contribution in [2.45, 2.75) is 71.2 Å². The smallest absolute Gasteiger partial charge is 0.410 e. The molecule has 0 bridgehead atoms. The Morgan fingerprint density at radius 1 is 0.960 bits per heavy atom. The van der Waals surface area contributed by atoms with Crippen molar-refractivity contribution in [2.75, 3.05) is 39.5 Å². The molecular formula is C19H35NO5. The van der Waals surface area contributed by atoms with E-state index in [1.165, 1.54) is 12.8 Å². The molecule has 1 aliphatic heterocycles. The lowest BCUT2D eigenvalue weighted by Gasteiger charge is -2.39. The van der Waals surface area contributed by atoms with E-state index < -0.39 is 5.60 Å². The number of amides is 1. The van der Waals surface area contributed by atoms with E-state index in [1.54, 1.807) is 4.90 Å². The van der Waals surface area contributed by atoms with Crippen LogP contribution in [0.25, 0.3) is 0 Å². The van der Waals surface area contributed by atoms with Crippen LogP contribution < -0.4 is 0 Å². The second-order valence-electron chi connectivity index (χ2n) is 8.27. The molecule has 0 N–H and O–H groups in total. The second-order valence-corrected chi connectivity index (χ2v) is 8.27. The van der Waals surface area contributed by atoms with Crippen LogP contribution in [0.5, 0.6) is 0 Å². The summed E-state index contributed by atoms with van der Waals surface area (Å²) < 4.78 is 22.4. The van der Waals surface area contributed by atoms with Crippen molar-refractivity contribution in [2.24, 2.45) is 5.92 Å². The normalized spacial score (nSPS) is 23.9. The van der Waals surface area contributed by atoms with E-state index in [0.717, 1.165) is 32.0 Å². The Morgan fingerprint density at radius 3 is 2.04 bits per heavy atom. The van der Waals surface area contributed by atoms with Gasteiger partial charge in [-0.05, 0) is 52.4 Å². The maximum Gasteiger partial charge on any atom is 0.410 e. The highest BCUT2D eigenvalue weighted by Crippen LogP contribution is 2.29. The van der Waals surface area contributed by atoms with Gasteiger partial charge in [0.05, 0.1) is 25.3 Å². The molecule has 2 aliphatic rings. The Bertz CT molecular complexity index is 397. The topological polar surface area (TPSA) is 57.2 Å². The summed E-state index contributed by atoms with van der Waals surface area (Å²) in [6.07, 6.45) is 4.63. The quantitative estimate of drug-likeness (QED) is 0.562. The summed E-state index contributed by atoms with van der Waals surface area (Å²) >= 11 is 0. The SMILES string of the molecule is CC(C)(C)OC(=O)N1CC(OCCCOCCCO[C@H]2C[C@H](C)C2)C1. The minimum absolute atomic E-state index is 0.130. The molecule has 0 aromatic carbocycles. The third kappa shape index (κ3) is 7.92. The van der Waals surface area contributed by atoms with Gasteiger partial charge in [-0.2, -0.15) is 0 Å². The summed E-state index contributed by atoms with van der Waals surface area (Å²) in [4.78, 5) is 13.5. The predicted octanol–water partition coefficient (Wildman–Crippen LogP) is 3.23. The minimum Gasteiger partial charge on any atom is -0.444 e. The summed E-state index contributed by atoms with van der Waals surface area (Å²) in [7, 11) is 0. The molecule has 0 radical (unpaired) electrons. The predicted molar refractivity (Wildman–Crippen MR) is 95.7 cm³/mol. The number of nitrogens with zero attached hydrogens (tertiary/aromatic N) is 1. The molecule has 1 aliphatic carbocycles. The van der Waals surface area contributed by atoms with Crippen LogP contribution in [0.2, 0.25) is 0 Å². The van der Waals surface area contributed by atoms with E-state index in [0.29, 0.717) is 32.4 Å². The van der Waals surface area contributed by atoms with E-state index in [4.69, 9.17) is 18.9 Å². The van der Waals surface area contributed by atoms with Crippen LogP contribution in [-0.4, -0.2) is 68.3 Å². The van der Waals surface area contributed by atoms with Gasteiger partial charge in [0.2, 0.25) is 0 Å². The molecule has 2 rings (SSSR count). The highest BCUT2D eigenvalue weighted by molar-refractivity contribution is 5.69. The Morgan fingerprint density at radius 2 is 1.52 bits per heavy atom. The first kappa shape index (κ1) is 20.5. The third-order valence-electron chi connectivity index (χ3n) is 4.40. The van der Waals surface area contributed by atoms with Crippen molar-refractivity contribution >= 4 is 6.09 Å². The molecule has 25 heavy (non-hydrogen) atoms. The van der Waals surface area contributed by atoms with Crippen molar-refractivity contribution in [1.29, 1.82) is 0 Å². The van der Waals surface area contributed by atoms with Crippen LogP contribution in [0, 0.1) is 5.92 Å². The average Bonchev–Trinajstić information content (AvgIpc) is 2.42. The maximum atomic E-state index is 11.8. The molecule has 0 aromatic heterocycles. The van der Waals surface area contributed by atoms with Gasteiger partial charge in [0.25, 0.3) is 0 Å². The number of hydrogen-bond acceptors (Lipinski definition) is 5. The van der Waals surface area contributed by atoms with Crippen LogP contribution >= 0.6 is 0 Å². The molecule has 1 saturated heterocycles. The summed E-state index contributed by atoms with van der Waals surface area (Å²) in [6, 6.07) is 0. The van der Waals surface area contributed by atoms with Gasteiger partial charge in [-0.3, -0.25) is 0 Å². The number of carbonyl (C=O) groups excluding carboxylic acids is 1. The number of likely N-dealkylation sites (tertiary alicyclic amines) is 1. The Balaban J connectivity index is 1.33. The van der Waals surface area contributed by atoms with Gasteiger partial charge in [0.1, 0.15) is 5.60 Å². The van der Waals surface area contributed by atoms with Gasteiger partial charge in [-0.1, -0.05) is 6.92 Å². The van der Waals surface area contributed by atoms with E-state index >= 15 is 0 Å². The molecular weight excluding hydrogens is 322 g/mol. The van der Waals surface area contributed by atoms with Gasteiger partial charge >= 0.3 is 6.09 Å². The van der Waals surface area contributed by atoms with Crippen LogP contribution in [0.1, 0.15) is 53.4 Å². The number of rotatable bonds is 10. The zero-order valence-corrected chi connectivity index (χ0v) is 16.3. The number of carbonyl (C=O) groups is 1. The van der Waals surface area contributed by atoms with Crippen LogP contribution in [0.15, 0.2) is 0 Å². The molecule has 2 fully saturated rings. The number of hydrogen-bond donors (Lipinski definition) is 0. The average molecular weight is 357 g/mol. The first-order valence-corrected chi connectivity index (χ1v) is 9.62. The summed E-state index contributed by atoms with van der Waals surface area (Å²) in [5, 5.41) is 0. The molecule has 1 heterocycles. The van der Waals surface area contributed by atoms with E-state index in [1.807, 2.05) is 20.8 Å². The standard InChI is InChI=1S/C19H35NO5/c1-15-11-16(12-15)23-9-5-7-22-8-6-10-24-17-13-20(14-17)18(21)25-19(2,3)4/h15-17H,5-14H2,1-4H3/t15-,16-. The molecule has 1 amide bonds. The van der Waals surface area contributed by atoms with Gasteiger partial charge < -0.3 is 23.8 Å². The lowest BCUT2D eigenvalue weighted by molar-refractivity contribution is -0.0672. The van der Waals surface area contributed by atoms with E-state index in [9.17, 15) is 4.79 Å². The Kier molecular flexibility index (Phi) is 7.97. The van der Waals surface area contributed by atoms with E-state index in [2.05, 4.69) is 6.92 Å². The fourth-order valence-corrected chi connectivity index (χ4v) is 2.91. The number of ether oxygens (including phenoxy) is 4. The zero-order chi connectivity index (χ0) is 18.3. The molecule has 1 saturated carbocycles. The van der Waals surface area contributed by atoms with Crippen molar-refractivity contribution in [3.8, 4) is 0 Å². The van der Waals surface area contributed by atoms with Crippen LogP contribution in [-0.2, 0) is 18.9 Å². The van der Waals surface area contributed by atoms with Gasteiger partial charge in [0.15, 0.2) is 0 Å². The highest BCUT2D eigenvalue weighted by atomic mass is 16.6. The molecule has 0 atom stereocenters. The lowest BCUT2D eigenvalue weighted by atomic mass is 9.84. The Labute approximate surface area is 152 Å². The van der Waals surface area contributed by atoms with Gasteiger partial charge in [-0.15, -0.1) is 0 Å². The van der Waals surface area contributed by atoms with Gasteiger partial charge in [-0.25, -0.2) is 4.79 Å². The molecule has 146 valence electrons. The Hall–Kier alpha value is -0.850. The summed E-state index contributed by atoms with van der Waals surface area (Å²) in [5.41, 5.74) is -0.443. The largest absolute Gasteiger partial charge is 0.444 e. The minimum atomic E-state index is -0.443. The monoisotopic (exact) mass is 357 g/mol. The second kappa shape index (κ2) is 9.74. The summed E-state index contributed by atoms with van der Waals surface area (Å²) in [5.74, 6) is 0.841. The molecule has 0 spiro atoms. The highest BCUT2D eigenvalue weighted by Gasteiger charge is 2.34. The molecule has 6 nitrogen and oxygen atoms in total. The van der Waals surface area contributed by atoms with E-state index in [-0.39, 0.29) is 12.2 Å². The molecule has 6 heteroatoms. The van der Waals surface area contributed by atoms with Crippen LogP contribution in [0.4, 0.5) is 4.79 Å². The third-order valence-corrected chi connectivity index (χ3v) is 4.40. The molecule has 0 aromatic rings. The zero-order valence-electron chi connectivity index (χ0n) is 16.3. The maximum absolute atomic E-state index is 11.8. The fourth-order valence-electron chi connectivity index (χ4n) is 2.91. The van der Waals surface area contributed by atoms with Crippen molar-refractivity contribution < 1.29 is 23.7 Å². The lowest BCUT2D eigenvalue weighted by Crippen LogP contribution is -2.56. The van der Waals surface area contributed by atoms with Crippen molar-refractivity contribution in [3.05, 3.63) is 0 Å². The van der Waals surface area contributed by atoms with Crippen molar-refractivity contribution in [1.82, 2.24) is 4.90 Å².